The van der Waals surface area contributed by atoms with Gasteiger partial charge in [-0.05, 0) is 26.0 Å². The summed E-state index contributed by atoms with van der Waals surface area (Å²) < 4.78 is 5.65. The van der Waals surface area contributed by atoms with Gasteiger partial charge in [0, 0.05) is 18.2 Å². The molecule has 1 aliphatic carbocycles. The number of benzene rings is 1. The standard InChI is InChI=1S/C11H13ClN2O3/c1-13-7-4-9(5-7)17-8-2-3-11(14(15)16)10(12)6-8/h2-3,6-7,9,13H,4-5H2,1H3. The van der Waals surface area contributed by atoms with Gasteiger partial charge < -0.3 is 10.1 Å². The van der Waals surface area contributed by atoms with Crippen LogP contribution in [0, 0.1) is 10.1 Å². The van der Waals surface area contributed by atoms with Gasteiger partial charge in [-0.25, -0.2) is 0 Å². The molecule has 0 amide bonds. The van der Waals surface area contributed by atoms with Crippen LogP contribution in [0.1, 0.15) is 12.8 Å². The molecule has 1 saturated carbocycles. The molecule has 0 aromatic heterocycles. The van der Waals surface area contributed by atoms with E-state index >= 15 is 0 Å². The lowest BCUT2D eigenvalue weighted by Crippen LogP contribution is -2.45. The van der Waals surface area contributed by atoms with Crippen molar-refractivity contribution in [1.82, 2.24) is 5.32 Å². The van der Waals surface area contributed by atoms with Crippen LogP contribution in [0.25, 0.3) is 0 Å². The summed E-state index contributed by atoms with van der Waals surface area (Å²) in [6.07, 6.45) is 2.07. The highest BCUT2D eigenvalue weighted by Gasteiger charge is 2.29. The quantitative estimate of drug-likeness (QED) is 0.664. The van der Waals surface area contributed by atoms with E-state index in [1.54, 1.807) is 6.07 Å². The summed E-state index contributed by atoms with van der Waals surface area (Å²) in [5.74, 6) is 0.583. The Bertz CT molecular complexity index is 433. The van der Waals surface area contributed by atoms with Crippen molar-refractivity contribution in [3.63, 3.8) is 0 Å². The third kappa shape index (κ3) is 2.68. The number of ether oxygens (including phenoxy) is 1. The maximum atomic E-state index is 10.6. The van der Waals surface area contributed by atoms with Crippen molar-refractivity contribution in [1.29, 1.82) is 0 Å². The first-order valence-electron chi connectivity index (χ1n) is 5.38. The van der Waals surface area contributed by atoms with E-state index in [0.29, 0.717) is 11.8 Å². The van der Waals surface area contributed by atoms with Crippen LogP contribution in [0.15, 0.2) is 18.2 Å². The first kappa shape index (κ1) is 12.1. The molecular weight excluding hydrogens is 244 g/mol. The molecule has 17 heavy (non-hydrogen) atoms. The van der Waals surface area contributed by atoms with Crippen molar-refractivity contribution in [2.24, 2.45) is 0 Å². The topological polar surface area (TPSA) is 64.4 Å². The van der Waals surface area contributed by atoms with E-state index in [4.69, 9.17) is 16.3 Å². The Balaban J connectivity index is 1.99. The Hall–Kier alpha value is -1.33. The van der Waals surface area contributed by atoms with Crippen molar-refractivity contribution < 1.29 is 9.66 Å². The summed E-state index contributed by atoms with van der Waals surface area (Å²) >= 11 is 5.79. The molecule has 0 atom stereocenters. The minimum Gasteiger partial charge on any atom is -0.490 e. The third-order valence-electron chi connectivity index (χ3n) is 2.92. The van der Waals surface area contributed by atoms with Crippen molar-refractivity contribution in [3.05, 3.63) is 33.3 Å². The highest BCUT2D eigenvalue weighted by Crippen LogP contribution is 2.31. The zero-order chi connectivity index (χ0) is 12.4. The van der Waals surface area contributed by atoms with Gasteiger partial charge in [-0.1, -0.05) is 11.6 Å². The Morgan fingerprint density at radius 1 is 1.53 bits per heavy atom. The lowest BCUT2D eigenvalue weighted by atomic mass is 9.89. The molecular formula is C11H13ClN2O3. The first-order valence-corrected chi connectivity index (χ1v) is 5.76. The number of nitro groups is 1. The first-order chi connectivity index (χ1) is 8.10. The number of nitrogens with one attached hydrogen (secondary N) is 1. The predicted octanol–water partition coefficient (Wildman–Crippen LogP) is 2.38. The minimum atomic E-state index is -0.507. The van der Waals surface area contributed by atoms with Gasteiger partial charge in [-0.3, -0.25) is 10.1 Å². The number of nitrogens with zero attached hydrogens (tertiary/aromatic N) is 1. The third-order valence-corrected chi connectivity index (χ3v) is 3.22. The van der Waals surface area contributed by atoms with E-state index < -0.39 is 4.92 Å². The molecule has 1 N–H and O–H groups in total. The second-order valence-corrected chi connectivity index (χ2v) is 4.47. The molecule has 0 aliphatic heterocycles. The lowest BCUT2D eigenvalue weighted by molar-refractivity contribution is -0.384. The van der Waals surface area contributed by atoms with Crippen LogP contribution in [-0.4, -0.2) is 24.1 Å². The highest BCUT2D eigenvalue weighted by atomic mass is 35.5. The number of rotatable bonds is 4. The second kappa shape index (κ2) is 4.89. The average Bonchev–Trinajstić information content (AvgIpc) is 2.22. The Kier molecular flexibility index (Phi) is 3.49. The van der Waals surface area contributed by atoms with E-state index in [9.17, 15) is 10.1 Å². The van der Waals surface area contributed by atoms with Crippen LogP contribution in [-0.2, 0) is 0 Å². The molecule has 1 aromatic carbocycles. The van der Waals surface area contributed by atoms with Gasteiger partial charge in [0.15, 0.2) is 0 Å². The Morgan fingerprint density at radius 2 is 2.24 bits per heavy atom. The SMILES string of the molecule is CNC1CC(Oc2ccc([N+](=O)[O-])c(Cl)c2)C1. The van der Waals surface area contributed by atoms with Crippen molar-refractivity contribution in [2.75, 3.05) is 7.05 Å². The molecule has 0 bridgehead atoms. The van der Waals surface area contributed by atoms with Gasteiger partial charge in [0.25, 0.3) is 5.69 Å². The number of nitro benzene ring substituents is 1. The molecule has 5 nitrogen and oxygen atoms in total. The van der Waals surface area contributed by atoms with Gasteiger partial charge >= 0.3 is 0 Å². The van der Waals surface area contributed by atoms with Gasteiger partial charge in [-0.15, -0.1) is 0 Å². The van der Waals surface area contributed by atoms with Crippen LogP contribution < -0.4 is 10.1 Å². The molecule has 92 valence electrons. The average molecular weight is 257 g/mol. The van der Waals surface area contributed by atoms with Crippen molar-refractivity contribution in [3.8, 4) is 5.75 Å². The van der Waals surface area contributed by atoms with Crippen molar-refractivity contribution >= 4 is 17.3 Å². The van der Waals surface area contributed by atoms with E-state index in [1.165, 1.54) is 12.1 Å². The summed E-state index contributed by atoms with van der Waals surface area (Å²) in [4.78, 5) is 10.1. The Labute approximate surface area is 104 Å². The summed E-state index contributed by atoms with van der Waals surface area (Å²) in [6.45, 7) is 0. The molecule has 0 unspecified atom stereocenters. The number of hydrogen-bond donors (Lipinski definition) is 1. The zero-order valence-electron chi connectivity index (χ0n) is 9.35. The minimum absolute atomic E-state index is 0.0965. The van der Waals surface area contributed by atoms with Crippen LogP contribution >= 0.6 is 11.6 Å². The Morgan fingerprint density at radius 3 is 2.76 bits per heavy atom. The van der Waals surface area contributed by atoms with Gasteiger partial charge in [-0.2, -0.15) is 0 Å². The largest absolute Gasteiger partial charge is 0.490 e. The van der Waals surface area contributed by atoms with Crippen molar-refractivity contribution in [2.45, 2.75) is 25.0 Å². The van der Waals surface area contributed by atoms with E-state index in [-0.39, 0.29) is 16.8 Å². The fourth-order valence-corrected chi connectivity index (χ4v) is 2.04. The monoisotopic (exact) mass is 256 g/mol. The maximum Gasteiger partial charge on any atom is 0.288 e. The lowest BCUT2D eigenvalue weighted by Gasteiger charge is -2.35. The van der Waals surface area contributed by atoms with E-state index in [1.807, 2.05) is 7.05 Å². The summed E-state index contributed by atoms with van der Waals surface area (Å²) in [7, 11) is 1.92. The maximum absolute atomic E-state index is 10.6. The van der Waals surface area contributed by atoms with Gasteiger partial charge in [0.05, 0.1) is 4.92 Å². The van der Waals surface area contributed by atoms with Gasteiger partial charge in [0.1, 0.15) is 16.9 Å². The van der Waals surface area contributed by atoms with Crippen LogP contribution in [0.2, 0.25) is 5.02 Å². The van der Waals surface area contributed by atoms with Crippen LogP contribution in [0.4, 0.5) is 5.69 Å². The highest BCUT2D eigenvalue weighted by molar-refractivity contribution is 6.32. The van der Waals surface area contributed by atoms with Crippen LogP contribution in [0.5, 0.6) is 5.75 Å². The molecule has 2 rings (SSSR count). The normalized spacial score (nSPS) is 22.9. The van der Waals surface area contributed by atoms with E-state index in [0.717, 1.165) is 12.8 Å². The molecule has 1 fully saturated rings. The smallest absolute Gasteiger partial charge is 0.288 e. The van der Waals surface area contributed by atoms with Gasteiger partial charge in [0.2, 0.25) is 0 Å². The number of hydrogen-bond acceptors (Lipinski definition) is 4. The second-order valence-electron chi connectivity index (χ2n) is 4.07. The summed E-state index contributed by atoms with van der Waals surface area (Å²) in [5.41, 5.74) is -0.0965. The van der Waals surface area contributed by atoms with Crippen LogP contribution in [0.3, 0.4) is 0 Å². The summed E-state index contributed by atoms with van der Waals surface area (Å²) in [5, 5.41) is 13.8. The molecule has 0 heterocycles. The molecule has 1 aromatic rings. The molecule has 6 heteroatoms. The molecule has 0 spiro atoms. The molecule has 0 saturated heterocycles. The zero-order valence-corrected chi connectivity index (χ0v) is 10.1. The van der Waals surface area contributed by atoms with E-state index in [2.05, 4.69) is 5.32 Å². The number of halogens is 1. The fraction of sp³-hybridized carbons (Fsp3) is 0.455. The fourth-order valence-electron chi connectivity index (χ4n) is 1.80. The molecule has 1 aliphatic rings. The summed E-state index contributed by atoms with van der Waals surface area (Å²) in [6, 6.07) is 4.95. The molecule has 0 radical (unpaired) electrons. The predicted molar refractivity (Wildman–Crippen MR) is 64.6 cm³/mol.